The molecule has 0 saturated heterocycles. The van der Waals surface area contributed by atoms with E-state index < -0.39 is 5.41 Å². The van der Waals surface area contributed by atoms with E-state index in [-0.39, 0.29) is 5.78 Å². The van der Waals surface area contributed by atoms with Crippen molar-refractivity contribution in [3.63, 3.8) is 0 Å². The highest BCUT2D eigenvalue weighted by atomic mass is 16.1. The van der Waals surface area contributed by atoms with Crippen LogP contribution in [0.15, 0.2) is 48.6 Å². The fourth-order valence-corrected chi connectivity index (χ4v) is 2.81. The molecular weight excluding hydrogens is 220 g/mol. The maximum Gasteiger partial charge on any atom is 0.173 e. The van der Waals surface area contributed by atoms with Gasteiger partial charge in [-0.2, -0.15) is 0 Å². The van der Waals surface area contributed by atoms with Crippen LogP contribution in [-0.2, 0) is 6.42 Å². The van der Waals surface area contributed by atoms with Gasteiger partial charge in [-0.05, 0) is 36.6 Å². The van der Waals surface area contributed by atoms with E-state index in [1.54, 1.807) is 0 Å². The molecule has 0 unspecified atom stereocenters. The zero-order valence-corrected chi connectivity index (χ0v) is 10.8. The lowest BCUT2D eigenvalue weighted by Gasteiger charge is -2.21. The second kappa shape index (κ2) is 3.55. The molecule has 1 aliphatic carbocycles. The van der Waals surface area contributed by atoms with Gasteiger partial charge >= 0.3 is 0 Å². The molecule has 2 aromatic rings. The summed E-state index contributed by atoms with van der Waals surface area (Å²) in [5.41, 5.74) is 2.59. The predicted molar refractivity (Wildman–Crippen MR) is 74.9 cm³/mol. The molecule has 0 radical (unpaired) electrons. The highest BCUT2D eigenvalue weighted by Gasteiger charge is 2.42. The second-order valence-electron chi connectivity index (χ2n) is 5.44. The first-order valence-electron chi connectivity index (χ1n) is 6.25. The number of hydrogen-bond acceptors (Lipinski definition) is 1. The Morgan fingerprint density at radius 1 is 1.22 bits per heavy atom. The van der Waals surface area contributed by atoms with E-state index in [2.05, 4.69) is 24.8 Å². The number of rotatable bonds is 1. The second-order valence-corrected chi connectivity index (χ2v) is 5.44. The normalized spacial score (nSPS) is 22.2. The highest BCUT2D eigenvalue weighted by molar-refractivity contribution is 6.15. The Morgan fingerprint density at radius 3 is 2.67 bits per heavy atom. The molecule has 0 amide bonds. The first kappa shape index (κ1) is 11.2. The first-order valence-corrected chi connectivity index (χ1v) is 6.25. The zero-order valence-electron chi connectivity index (χ0n) is 10.8. The van der Waals surface area contributed by atoms with Gasteiger partial charge < -0.3 is 0 Å². The molecular formula is C17H16O. The van der Waals surface area contributed by atoms with Crippen molar-refractivity contribution in [1.82, 2.24) is 0 Å². The van der Waals surface area contributed by atoms with Gasteiger partial charge in [0.2, 0.25) is 0 Å². The summed E-state index contributed by atoms with van der Waals surface area (Å²) in [4.78, 5) is 12.7. The molecule has 0 saturated carbocycles. The number of benzene rings is 2. The number of Topliss-reactive ketones (excluding diaryl/α,β-unsaturated/α-hetero) is 1. The van der Waals surface area contributed by atoms with Crippen LogP contribution in [0.1, 0.15) is 29.8 Å². The molecule has 18 heavy (non-hydrogen) atoms. The molecule has 90 valence electrons. The van der Waals surface area contributed by atoms with Crippen LogP contribution in [0.25, 0.3) is 10.8 Å². The Bertz CT molecular complexity index is 681. The van der Waals surface area contributed by atoms with Crippen LogP contribution < -0.4 is 0 Å². The fourth-order valence-electron chi connectivity index (χ4n) is 2.81. The quantitative estimate of drug-likeness (QED) is 0.679. The molecule has 2 aromatic carbocycles. The van der Waals surface area contributed by atoms with Gasteiger partial charge in [-0.25, -0.2) is 0 Å². The summed E-state index contributed by atoms with van der Waals surface area (Å²) < 4.78 is 0. The molecule has 0 bridgehead atoms. The van der Waals surface area contributed by atoms with Crippen molar-refractivity contribution >= 4 is 16.6 Å². The van der Waals surface area contributed by atoms with E-state index in [1.807, 2.05) is 32.0 Å². The van der Waals surface area contributed by atoms with Crippen molar-refractivity contribution in [1.29, 1.82) is 0 Å². The molecule has 0 aliphatic heterocycles. The summed E-state index contributed by atoms with van der Waals surface area (Å²) in [6.07, 6.45) is 0.779. The SMILES string of the molecule is C=C(C)[C@]1(C)Cc2ccc3ccccc3c2C1=O. The lowest BCUT2D eigenvalue weighted by atomic mass is 9.80. The van der Waals surface area contributed by atoms with Gasteiger partial charge in [0, 0.05) is 5.56 Å². The number of fused-ring (bicyclic) bond motifs is 3. The molecule has 1 aliphatic rings. The van der Waals surface area contributed by atoms with Crippen LogP contribution in [0.4, 0.5) is 0 Å². The maximum absolute atomic E-state index is 12.7. The van der Waals surface area contributed by atoms with Gasteiger partial charge in [-0.15, -0.1) is 0 Å². The molecule has 1 nitrogen and oxygen atoms in total. The summed E-state index contributed by atoms with van der Waals surface area (Å²) in [6.45, 7) is 7.96. The third-order valence-electron chi connectivity index (χ3n) is 4.23. The molecule has 1 heteroatoms. The number of carbonyl (C=O) groups is 1. The van der Waals surface area contributed by atoms with Crippen LogP contribution in [0.2, 0.25) is 0 Å². The van der Waals surface area contributed by atoms with Gasteiger partial charge in [-0.3, -0.25) is 4.79 Å². The summed E-state index contributed by atoms with van der Waals surface area (Å²) in [5, 5.41) is 2.21. The minimum absolute atomic E-state index is 0.224. The third kappa shape index (κ3) is 1.30. The van der Waals surface area contributed by atoms with Gasteiger partial charge in [0.25, 0.3) is 0 Å². The van der Waals surface area contributed by atoms with Crippen LogP contribution in [0, 0.1) is 5.41 Å². The topological polar surface area (TPSA) is 17.1 Å². The van der Waals surface area contributed by atoms with Gasteiger partial charge in [0.05, 0.1) is 5.41 Å². The van der Waals surface area contributed by atoms with Crippen molar-refractivity contribution in [3.05, 3.63) is 59.7 Å². The average molecular weight is 236 g/mol. The lowest BCUT2D eigenvalue weighted by Crippen LogP contribution is -2.24. The highest BCUT2D eigenvalue weighted by Crippen LogP contribution is 2.43. The van der Waals surface area contributed by atoms with Crippen molar-refractivity contribution in [2.45, 2.75) is 20.3 Å². The monoisotopic (exact) mass is 236 g/mol. The van der Waals surface area contributed by atoms with Gasteiger partial charge in [0.1, 0.15) is 0 Å². The van der Waals surface area contributed by atoms with Gasteiger partial charge in [-0.1, -0.05) is 48.6 Å². The van der Waals surface area contributed by atoms with Crippen molar-refractivity contribution in [2.24, 2.45) is 5.41 Å². The maximum atomic E-state index is 12.7. The Hall–Kier alpha value is -1.89. The Balaban J connectivity index is 2.31. The minimum Gasteiger partial charge on any atom is -0.293 e. The van der Waals surface area contributed by atoms with Crippen molar-refractivity contribution in [3.8, 4) is 0 Å². The molecule has 0 N–H and O–H groups in total. The fraction of sp³-hybridized carbons (Fsp3) is 0.235. The van der Waals surface area contributed by atoms with E-state index in [1.165, 1.54) is 0 Å². The standard InChI is InChI=1S/C17H16O/c1-11(2)17(3)10-13-9-8-12-6-4-5-7-14(12)15(13)16(17)18/h4-9H,1,10H2,2-3H3/t17-/m0/s1. The molecule has 0 aromatic heterocycles. The van der Waals surface area contributed by atoms with E-state index in [0.717, 1.165) is 33.9 Å². The molecule has 0 heterocycles. The number of hydrogen-bond donors (Lipinski definition) is 0. The van der Waals surface area contributed by atoms with E-state index in [9.17, 15) is 4.79 Å². The van der Waals surface area contributed by atoms with Crippen LogP contribution in [-0.4, -0.2) is 5.78 Å². The Kier molecular flexibility index (Phi) is 2.21. The Labute approximate surface area is 107 Å². The molecule has 0 spiro atoms. The third-order valence-corrected chi connectivity index (χ3v) is 4.23. The molecule has 3 rings (SSSR count). The van der Waals surface area contributed by atoms with Crippen LogP contribution >= 0.6 is 0 Å². The predicted octanol–water partition coefficient (Wildman–Crippen LogP) is 4.16. The van der Waals surface area contributed by atoms with Crippen molar-refractivity contribution < 1.29 is 4.79 Å². The zero-order chi connectivity index (χ0) is 12.9. The summed E-state index contributed by atoms with van der Waals surface area (Å²) in [7, 11) is 0. The number of allylic oxidation sites excluding steroid dienone is 1. The largest absolute Gasteiger partial charge is 0.293 e. The smallest absolute Gasteiger partial charge is 0.173 e. The summed E-state index contributed by atoms with van der Waals surface area (Å²) in [5.74, 6) is 0.224. The van der Waals surface area contributed by atoms with Crippen LogP contribution in [0.3, 0.4) is 0 Å². The number of carbonyl (C=O) groups excluding carboxylic acids is 1. The first-order chi connectivity index (χ1) is 8.54. The van der Waals surface area contributed by atoms with Gasteiger partial charge in [0.15, 0.2) is 5.78 Å². The van der Waals surface area contributed by atoms with Crippen molar-refractivity contribution in [2.75, 3.05) is 0 Å². The van der Waals surface area contributed by atoms with E-state index >= 15 is 0 Å². The van der Waals surface area contributed by atoms with E-state index in [4.69, 9.17) is 0 Å². The molecule has 1 atom stereocenters. The summed E-state index contributed by atoms with van der Waals surface area (Å²) in [6, 6.07) is 12.3. The minimum atomic E-state index is -0.424. The molecule has 0 fully saturated rings. The number of ketones is 1. The summed E-state index contributed by atoms with van der Waals surface area (Å²) >= 11 is 0. The van der Waals surface area contributed by atoms with Crippen LogP contribution in [0.5, 0.6) is 0 Å². The van der Waals surface area contributed by atoms with E-state index in [0.29, 0.717) is 0 Å². The average Bonchev–Trinajstić information content (AvgIpc) is 2.63. The lowest BCUT2D eigenvalue weighted by molar-refractivity contribution is 0.0883. The Morgan fingerprint density at radius 2 is 1.94 bits per heavy atom.